The molecule has 0 bridgehead atoms. The smallest absolute Gasteiger partial charge is 0.408 e. The number of benzene rings is 3. The Hall–Kier alpha value is -4.04. The van der Waals surface area contributed by atoms with E-state index in [1.807, 2.05) is 48.5 Å². The minimum absolute atomic E-state index is 0.140. The maximum atomic E-state index is 13.5. The molecule has 0 heterocycles. The van der Waals surface area contributed by atoms with E-state index >= 15 is 0 Å². The molecule has 8 heteroatoms. The SMILES string of the molecule is COc1cc2c(cc1OCc1ccccc1)CC[C@@H]1[C@@H]2CC[C@@]2(C)[C@H]1C[C@@H](CN(C)C)[C@@H]2OC(=O)[C@@H](C)NC(=O)OCc1ccccc1. The Kier molecular flexibility index (Phi) is 10.3. The molecule has 3 aliphatic rings. The van der Waals surface area contributed by atoms with E-state index < -0.39 is 18.1 Å². The summed E-state index contributed by atoms with van der Waals surface area (Å²) in [4.78, 5) is 28.2. The highest BCUT2D eigenvalue weighted by molar-refractivity contribution is 5.81. The van der Waals surface area contributed by atoms with Gasteiger partial charge in [0.1, 0.15) is 25.4 Å². The Morgan fingerprint density at radius 3 is 2.31 bits per heavy atom. The molecule has 2 fully saturated rings. The minimum Gasteiger partial charge on any atom is -0.493 e. The molecular formula is C40H50N2O6. The largest absolute Gasteiger partial charge is 0.493 e. The van der Waals surface area contributed by atoms with Crippen LogP contribution in [-0.2, 0) is 33.9 Å². The summed E-state index contributed by atoms with van der Waals surface area (Å²) in [5, 5.41) is 2.69. The minimum atomic E-state index is -0.820. The normalized spacial score (nSPS) is 26.4. The zero-order chi connectivity index (χ0) is 33.8. The molecule has 0 aromatic heterocycles. The van der Waals surface area contributed by atoms with Crippen molar-refractivity contribution in [2.45, 2.75) is 77.2 Å². The van der Waals surface area contributed by atoms with E-state index in [4.69, 9.17) is 18.9 Å². The van der Waals surface area contributed by atoms with Crippen LogP contribution in [-0.4, -0.2) is 56.9 Å². The fourth-order valence-corrected chi connectivity index (χ4v) is 8.82. The quantitative estimate of drug-likeness (QED) is 0.220. The molecule has 3 aromatic rings. The Morgan fingerprint density at radius 2 is 1.65 bits per heavy atom. The monoisotopic (exact) mass is 654 g/mol. The zero-order valence-electron chi connectivity index (χ0n) is 28.9. The molecule has 7 atom stereocenters. The van der Waals surface area contributed by atoms with E-state index in [-0.39, 0.29) is 24.0 Å². The number of fused-ring (bicyclic) bond motifs is 5. The lowest BCUT2D eigenvalue weighted by Gasteiger charge is -2.50. The van der Waals surface area contributed by atoms with Crippen LogP contribution in [0.1, 0.15) is 67.7 Å². The molecule has 6 rings (SSSR count). The molecule has 1 amide bonds. The van der Waals surface area contributed by atoms with Crippen LogP contribution in [0.2, 0.25) is 0 Å². The van der Waals surface area contributed by atoms with Crippen LogP contribution in [0.15, 0.2) is 72.8 Å². The first-order valence-electron chi connectivity index (χ1n) is 17.4. The first-order valence-corrected chi connectivity index (χ1v) is 17.4. The highest BCUT2D eigenvalue weighted by atomic mass is 16.6. The van der Waals surface area contributed by atoms with Gasteiger partial charge in [-0.15, -0.1) is 0 Å². The number of nitrogens with one attached hydrogen (secondary N) is 1. The van der Waals surface area contributed by atoms with Gasteiger partial charge in [0.25, 0.3) is 0 Å². The van der Waals surface area contributed by atoms with Crippen molar-refractivity contribution >= 4 is 12.1 Å². The van der Waals surface area contributed by atoms with Crippen LogP contribution in [0, 0.1) is 23.2 Å². The van der Waals surface area contributed by atoms with Gasteiger partial charge in [-0.25, -0.2) is 9.59 Å². The third kappa shape index (κ3) is 7.19. The van der Waals surface area contributed by atoms with Crippen molar-refractivity contribution in [2.24, 2.45) is 23.2 Å². The maximum absolute atomic E-state index is 13.5. The second-order valence-electron chi connectivity index (χ2n) is 14.5. The fourth-order valence-electron chi connectivity index (χ4n) is 8.82. The molecule has 3 aromatic carbocycles. The van der Waals surface area contributed by atoms with Gasteiger partial charge in [-0.2, -0.15) is 0 Å². The number of rotatable bonds is 11. The van der Waals surface area contributed by atoms with Gasteiger partial charge in [-0.1, -0.05) is 67.6 Å². The second kappa shape index (κ2) is 14.6. The topological polar surface area (TPSA) is 86.3 Å². The molecule has 2 saturated carbocycles. The Morgan fingerprint density at radius 1 is 0.958 bits per heavy atom. The van der Waals surface area contributed by atoms with E-state index in [1.54, 1.807) is 14.0 Å². The van der Waals surface area contributed by atoms with Gasteiger partial charge in [0.15, 0.2) is 11.5 Å². The second-order valence-corrected chi connectivity index (χ2v) is 14.5. The fraction of sp³-hybridized carbons (Fsp3) is 0.500. The van der Waals surface area contributed by atoms with Crippen molar-refractivity contribution in [3.05, 3.63) is 95.1 Å². The van der Waals surface area contributed by atoms with E-state index in [0.29, 0.717) is 24.4 Å². The number of hydrogen-bond donors (Lipinski definition) is 1. The average Bonchev–Trinajstić information content (AvgIpc) is 3.36. The Labute approximate surface area is 285 Å². The summed E-state index contributed by atoms with van der Waals surface area (Å²) in [6.07, 6.45) is 4.24. The van der Waals surface area contributed by atoms with Crippen molar-refractivity contribution in [1.82, 2.24) is 10.2 Å². The lowest BCUT2D eigenvalue weighted by atomic mass is 9.55. The number of alkyl carbamates (subject to hydrolysis) is 1. The van der Waals surface area contributed by atoms with Gasteiger partial charge in [-0.3, -0.25) is 0 Å². The van der Waals surface area contributed by atoms with Crippen molar-refractivity contribution in [2.75, 3.05) is 27.7 Å². The molecule has 1 N–H and O–H groups in total. The summed E-state index contributed by atoms with van der Waals surface area (Å²) < 4.78 is 23.9. The lowest BCUT2D eigenvalue weighted by molar-refractivity contribution is -0.162. The number of esters is 1. The Bertz CT molecular complexity index is 1560. The molecule has 0 radical (unpaired) electrons. The predicted octanol–water partition coefficient (Wildman–Crippen LogP) is 7.14. The highest BCUT2D eigenvalue weighted by Crippen LogP contribution is 2.63. The van der Waals surface area contributed by atoms with Gasteiger partial charge < -0.3 is 29.2 Å². The summed E-state index contributed by atoms with van der Waals surface area (Å²) in [5.74, 6) is 2.72. The number of methoxy groups -OCH3 is 1. The summed E-state index contributed by atoms with van der Waals surface area (Å²) in [6, 6.07) is 23.3. The molecule has 3 aliphatic carbocycles. The molecular weight excluding hydrogens is 604 g/mol. The van der Waals surface area contributed by atoms with Gasteiger partial charge >= 0.3 is 12.1 Å². The average molecular weight is 655 g/mol. The molecule has 8 nitrogen and oxygen atoms in total. The van der Waals surface area contributed by atoms with Crippen molar-refractivity contribution in [1.29, 1.82) is 0 Å². The number of nitrogens with zero attached hydrogens (tertiary/aromatic N) is 1. The molecule has 256 valence electrons. The van der Waals surface area contributed by atoms with Crippen LogP contribution >= 0.6 is 0 Å². The third-order valence-electron chi connectivity index (χ3n) is 11.1. The first-order chi connectivity index (χ1) is 23.2. The molecule has 0 aliphatic heterocycles. The predicted molar refractivity (Wildman–Crippen MR) is 185 cm³/mol. The van der Waals surface area contributed by atoms with E-state index in [0.717, 1.165) is 61.3 Å². The van der Waals surface area contributed by atoms with Crippen molar-refractivity contribution < 1.29 is 28.5 Å². The summed E-state index contributed by atoms with van der Waals surface area (Å²) in [7, 11) is 5.88. The summed E-state index contributed by atoms with van der Waals surface area (Å²) in [5.41, 5.74) is 4.60. The van der Waals surface area contributed by atoms with Crippen LogP contribution in [0.4, 0.5) is 4.79 Å². The lowest BCUT2D eigenvalue weighted by Crippen LogP contribution is -2.49. The zero-order valence-corrected chi connectivity index (χ0v) is 28.9. The van der Waals surface area contributed by atoms with E-state index in [9.17, 15) is 9.59 Å². The van der Waals surface area contributed by atoms with Gasteiger partial charge in [-0.05, 0) is 105 Å². The standard InChI is InChI=1S/C40H50N2O6/c1-26(41-39(44)47-25-28-14-10-7-11-15-28)38(43)48-37-30(23-42(3)4)20-34-32-17-16-29-21-36(46-24-27-12-8-6-9-13-27)35(45-5)22-33(29)31(32)18-19-40(34,37)2/h6-15,21-22,26,30-32,34,37H,16-20,23-25H2,1-5H3,(H,41,44)/t26-,30+,31+,32-,34+,37+,40+/m1/s1. The van der Waals surface area contributed by atoms with Crippen LogP contribution in [0.5, 0.6) is 11.5 Å². The highest BCUT2D eigenvalue weighted by Gasteiger charge is 2.60. The van der Waals surface area contributed by atoms with Crippen molar-refractivity contribution in [3.8, 4) is 11.5 Å². The number of ether oxygens (including phenoxy) is 4. The molecule has 48 heavy (non-hydrogen) atoms. The van der Waals surface area contributed by atoms with Crippen LogP contribution < -0.4 is 14.8 Å². The number of carbonyl (C=O) groups excluding carboxylic acids is 2. The summed E-state index contributed by atoms with van der Waals surface area (Å²) >= 11 is 0. The van der Waals surface area contributed by atoms with E-state index in [2.05, 4.69) is 55.5 Å². The van der Waals surface area contributed by atoms with Gasteiger partial charge in [0.2, 0.25) is 0 Å². The van der Waals surface area contributed by atoms with E-state index in [1.165, 1.54) is 11.1 Å². The Balaban J connectivity index is 1.15. The van der Waals surface area contributed by atoms with Crippen LogP contribution in [0.3, 0.4) is 0 Å². The molecule has 0 spiro atoms. The number of carbonyl (C=O) groups is 2. The number of hydrogen-bond acceptors (Lipinski definition) is 7. The first kappa shape index (κ1) is 33.8. The number of aryl methyl sites for hydroxylation is 1. The van der Waals surface area contributed by atoms with Gasteiger partial charge in [0, 0.05) is 17.9 Å². The van der Waals surface area contributed by atoms with Crippen LogP contribution in [0.25, 0.3) is 0 Å². The maximum Gasteiger partial charge on any atom is 0.408 e. The van der Waals surface area contributed by atoms with Gasteiger partial charge in [0.05, 0.1) is 7.11 Å². The third-order valence-corrected chi connectivity index (χ3v) is 11.1. The number of amides is 1. The molecule has 0 saturated heterocycles. The summed E-state index contributed by atoms with van der Waals surface area (Å²) in [6.45, 7) is 5.49. The molecule has 0 unspecified atom stereocenters. The van der Waals surface area contributed by atoms with Crippen molar-refractivity contribution in [3.63, 3.8) is 0 Å².